The van der Waals surface area contributed by atoms with Gasteiger partial charge in [-0.2, -0.15) is 0 Å². The lowest BCUT2D eigenvalue weighted by molar-refractivity contribution is 0.369. The van der Waals surface area contributed by atoms with Crippen LogP contribution in [-0.2, 0) is 10.0 Å². The Morgan fingerprint density at radius 2 is 2.00 bits per heavy atom. The zero-order valence-corrected chi connectivity index (χ0v) is 18.3. The molecular formula is C15H33IN4O2S. The van der Waals surface area contributed by atoms with E-state index in [1.165, 1.54) is 17.0 Å². The van der Waals surface area contributed by atoms with E-state index in [1.807, 2.05) is 6.92 Å². The van der Waals surface area contributed by atoms with Crippen molar-refractivity contribution in [1.82, 2.24) is 14.5 Å². The van der Waals surface area contributed by atoms with Crippen molar-refractivity contribution in [2.45, 2.75) is 40.5 Å². The molecule has 1 rings (SSSR count). The van der Waals surface area contributed by atoms with Crippen LogP contribution in [0.15, 0.2) is 4.99 Å². The van der Waals surface area contributed by atoms with Crippen molar-refractivity contribution in [3.05, 3.63) is 0 Å². The van der Waals surface area contributed by atoms with Crippen LogP contribution in [0.5, 0.6) is 0 Å². The lowest BCUT2D eigenvalue weighted by Crippen LogP contribution is -2.41. The molecule has 1 fully saturated rings. The number of hydrogen-bond acceptors (Lipinski definition) is 3. The third-order valence-corrected chi connectivity index (χ3v) is 5.34. The summed E-state index contributed by atoms with van der Waals surface area (Å²) in [5.41, 5.74) is 0.339. The number of halogens is 1. The first-order valence-electron chi connectivity index (χ1n) is 8.18. The van der Waals surface area contributed by atoms with E-state index in [4.69, 9.17) is 0 Å². The normalized spacial score (nSPS) is 18.2. The zero-order chi connectivity index (χ0) is 16.8. The number of likely N-dealkylation sites (tertiary alicyclic amines) is 1. The third kappa shape index (κ3) is 8.02. The number of nitrogens with one attached hydrogen (secondary N) is 1. The van der Waals surface area contributed by atoms with Gasteiger partial charge in [0.25, 0.3) is 0 Å². The Morgan fingerprint density at radius 1 is 1.35 bits per heavy atom. The fraction of sp³-hybridized carbons (Fsp3) is 0.933. The summed E-state index contributed by atoms with van der Waals surface area (Å²) < 4.78 is 24.6. The van der Waals surface area contributed by atoms with Gasteiger partial charge in [-0.3, -0.25) is 4.99 Å². The summed E-state index contributed by atoms with van der Waals surface area (Å²) in [5, 5.41) is 3.34. The summed E-state index contributed by atoms with van der Waals surface area (Å²) >= 11 is 0. The van der Waals surface area contributed by atoms with Crippen molar-refractivity contribution in [2.75, 3.05) is 45.5 Å². The highest BCUT2D eigenvalue weighted by Crippen LogP contribution is 2.28. The molecule has 0 aromatic carbocycles. The molecule has 1 saturated heterocycles. The van der Waals surface area contributed by atoms with Crippen LogP contribution >= 0.6 is 24.0 Å². The molecule has 138 valence electrons. The minimum atomic E-state index is -3.10. The van der Waals surface area contributed by atoms with E-state index in [2.05, 4.69) is 36.0 Å². The van der Waals surface area contributed by atoms with Crippen LogP contribution < -0.4 is 5.32 Å². The minimum absolute atomic E-state index is 0. The van der Waals surface area contributed by atoms with Crippen molar-refractivity contribution in [2.24, 2.45) is 10.4 Å². The first-order valence-corrected chi connectivity index (χ1v) is 10.0. The van der Waals surface area contributed by atoms with Crippen molar-refractivity contribution >= 4 is 40.0 Å². The Kier molecular flexibility index (Phi) is 9.99. The molecule has 1 N–H and O–H groups in total. The first-order chi connectivity index (χ1) is 10.2. The molecule has 0 radical (unpaired) electrons. The number of guanidine groups is 1. The molecule has 1 aliphatic rings. The minimum Gasteiger partial charge on any atom is -0.357 e. The van der Waals surface area contributed by atoms with Crippen LogP contribution in [0, 0.1) is 5.41 Å². The van der Waals surface area contributed by atoms with Gasteiger partial charge < -0.3 is 10.2 Å². The monoisotopic (exact) mass is 460 g/mol. The van der Waals surface area contributed by atoms with E-state index in [9.17, 15) is 8.42 Å². The summed E-state index contributed by atoms with van der Waals surface area (Å²) in [6.07, 6.45) is 3.18. The summed E-state index contributed by atoms with van der Waals surface area (Å²) in [6, 6.07) is 0. The smallest absolute Gasteiger partial charge is 0.211 e. The predicted octanol–water partition coefficient (Wildman–Crippen LogP) is 1.97. The maximum atomic E-state index is 11.5. The highest BCUT2D eigenvalue weighted by Gasteiger charge is 2.30. The average Bonchev–Trinajstić information content (AvgIpc) is 2.76. The highest BCUT2D eigenvalue weighted by atomic mass is 127. The van der Waals surface area contributed by atoms with Gasteiger partial charge in [0.2, 0.25) is 10.0 Å². The van der Waals surface area contributed by atoms with E-state index in [-0.39, 0.29) is 24.0 Å². The van der Waals surface area contributed by atoms with Gasteiger partial charge in [0.05, 0.1) is 6.26 Å². The Bertz CT molecular complexity index is 480. The van der Waals surface area contributed by atoms with Crippen molar-refractivity contribution in [3.8, 4) is 0 Å². The van der Waals surface area contributed by atoms with Gasteiger partial charge in [-0.05, 0) is 25.2 Å². The van der Waals surface area contributed by atoms with Gasteiger partial charge in [0.15, 0.2) is 5.96 Å². The lowest BCUT2D eigenvalue weighted by atomic mass is 9.93. The van der Waals surface area contributed by atoms with Crippen molar-refractivity contribution in [1.29, 1.82) is 0 Å². The number of sulfonamides is 1. The SMILES string of the molecule is CCNC(=NCCCN(CC)S(C)(=O)=O)N1CCC(C)(C)C1.I. The molecular weight excluding hydrogens is 427 g/mol. The van der Waals surface area contributed by atoms with Crippen LogP contribution in [0.3, 0.4) is 0 Å². The summed E-state index contributed by atoms with van der Waals surface area (Å²) in [6.45, 7) is 13.1. The molecule has 1 heterocycles. The highest BCUT2D eigenvalue weighted by molar-refractivity contribution is 14.0. The largest absolute Gasteiger partial charge is 0.357 e. The van der Waals surface area contributed by atoms with Gasteiger partial charge in [-0.15, -0.1) is 24.0 Å². The Hall–Kier alpha value is -0.0900. The molecule has 0 amide bonds. The van der Waals surface area contributed by atoms with Crippen LogP contribution in [0.4, 0.5) is 0 Å². The van der Waals surface area contributed by atoms with Crippen LogP contribution in [0.25, 0.3) is 0 Å². The van der Waals surface area contributed by atoms with Crippen LogP contribution in [-0.4, -0.2) is 69.1 Å². The van der Waals surface area contributed by atoms with Gasteiger partial charge in [0.1, 0.15) is 0 Å². The van der Waals surface area contributed by atoms with E-state index in [0.717, 1.165) is 32.0 Å². The molecule has 6 nitrogen and oxygen atoms in total. The maximum absolute atomic E-state index is 11.5. The lowest BCUT2D eigenvalue weighted by Gasteiger charge is -2.24. The topological polar surface area (TPSA) is 65.0 Å². The second-order valence-electron chi connectivity index (χ2n) is 6.68. The fourth-order valence-electron chi connectivity index (χ4n) is 2.71. The van der Waals surface area contributed by atoms with Crippen LogP contribution in [0.1, 0.15) is 40.5 Å². The Morgan fingerprint density at radius 3 is 2.43 bits per heavy atom. The molecule has 0 atom stereocenters. The van der Waals surface area contributed by atoms with Crippen LogP contribution in [0.2, 0.25) is 0 Å². The fourth-order valence-corrected chi connectivity index (χ4v) is 3.64. The summed E-state index contributed by atoms with van der Waals surface area (Å²) in [4.78, 5) is 6.96. The second kappa shape index (κ2) is 10.0. The van der Waals surface area contributed by atoms with Gasteiger partial charge >= 0.3 is 0 Å². The Labute approximate surface area is 159 Å². The number of rotatable bonds is 7. The maximum Gasteiger partial charge on any atom is 0.211 e. The molecule has 0 aliphatic carbocycles. The van der Waals surface area contributed by atoms with Gasteiger partial charge in [0, 0.05) is 39.3 Å². The standard InChI is InChI=1S/C15H32N4O2S.HI/c1-6-16-14(18-12-9-15(3,4)13-18)17-10-8-11-19(7-2)22(5,20)21;/h6-13H2,1-5H3,(H,16,17);1H. The van der Waals surface area contributed by atoms with E-state index < -0.39 is 10.0 Å². The van der Waals surface area contributed by atoms with Gasteiger partial charge in [-0.25, -0.2) is 12.7 Å². The molecule has 23 heavy (non-hydrogen) atoms. The first kappa shape index (κ1) is 22.9. The van der Waals surface area contributed by atoms with E-state index >= 15 is 0 Å². The Balaban J connectivity index is 0.00000484. The molecule has 8 heteroatoms. The van der Waals surface area contributed by atoms with Gasteiger partial charge in [-0.1, -0.05) is 20.8 Å². The quantitative estimate of drug-likeness (QED) is 0.273. The summed E-state index contributed by atoms with van der Waals surface area (Å²) in [7, 11) is -3.10. The second-order valence-corrected chi connectivity index (χ2v) is 8.66. The number of hydrogen-bond donors (Lipinski definition) is 1. The van der Waals surface area contributed by atoms with Crippen molar-refractivity contribution < 1.29 is 8.42 Å². The van der Waals surface area contributed by atoms with E-state index in [0.29, 0.717) is 25.0 Å². The molecule has 0 bridgehead atoms. The number of aliphatic imine (C=N–C) groups is 1. The van der Waals surface area contributed by atoms with Crippen molar-refractivity contribution in [3.63, 3.8) is 0 Å². The molecule has 0 aromatic rings. The molecule has 0 spiro atoms. The molecule has 1 aliphatic heterocycles. The zero-order valence-electron chi connectivity index (χ0n) is 15.1. The average molecular weight is 460 g/mol. The predicted molar refractivity (Wildman–Crippen MR) is 108 cm³/mol. The molecule has 0 aromatic heterocycles. The number of nitrogens with zero attached hydrogens (tertiary/aromatic N) is 3. The van der Waals surface area contributed by atoms with E-state index in [1.54, 1.807) is 0 Å². The molecule has 0 unspecified atom stereocenters. The summed E-state index contributed by atoms with van der Waals surface area (Å²) in [5.74, 6) is 0.954. The third-order valence-electron chi connectivity index (χ3n) is 3.96. The molecule has 0 saturated carbocycles.